The van der Waals surface area contributed by atoms with Gasteiger partial charge in [0.1, 0.15) is 17.2 Å². The smallest absolute Gasteiger partial charge is 0.410 e. The monoisotopic (exact) mass is 488 g/mol. The van der Waals surface area contributed by atoms with E-state index in [1.165, 1.54) is 0 Å². The first-order valence-electron chi connectivity index (χ1n) is 12.3. The van der Waals surface area contributed by atoms with Crippen LogP contribution in [-0.2, 0) is 11.3 Å². The summed E-state index contributed by atoms with van der Waals surface area (Å²) in [4.78, 5) is 27.6. The summed E-state index contributed by atoms with van der Waals surface area (Å²) in [5.41, 5.74) is 3.79. The largest absolute Gasteiger partial charge is 0.444 e. The highest BCUT2D eigenvalue weighted by Crippen LogP contribution is 2.24. The fourth-order valence-corrected chi connectivity index (χ4v) is 4.00. The maximum absolute atomic E-state index is 12.2. The highest BCUT2D eigenvalue weighted by Gasteiger charge is 2.19. The van der Waals surface area contributed by atoms with Crippen LogP contribution in [0, 0.1) is 0 Å². The van der Waals surface area contributed by atoms with Crippen LogP contribution in [0.15, 0.2) is 60.9 Å². The molecule has 1 amide bonds. The van der Waals surface area contributed by atoms with Crippen molar-refractivity contribution < 1.29 is 9.53 Å². The van der Waals surface area contributed by atoms with Crippen LogP contribution in [0.5, 0.6) is 0 Å². The lowest BCUT2D eigenvalue weighted by molar-refractivity contribution is 0.0285. The molecule has 1 fully saturated rings. The van der Waals surface area contributed by atoms with Gasteiger partial charge in [-0.25, -0.2) is 14.8 Å². The molecule has 1 aliphatic rings. The van der Waals surface area contributed by atoms with Gasteiger partial charge in [0.2, 0.25) is 0 Å². The Morgan fingerprint density at radius 2 is 1.69 bits per heavy atom. The molecule has 3 heterocycles. The molecule has 1 aromatic carbocycles. The summed E-state index contributed by atoms with van der Waals surface area (Å²) >= 11 is 0. The first kappa shape index (κ1) is 25.4. The minimum atomic E-state index is -0.509. The van der Waals surface area contributed by atoms with Gasteiger partial charge in [0.15, 0.2) is 0 Å². The molecule has 0 spiro atoms. The maximum Gasteiger partial charge on any atom is 0.410 e. The van der Waals surface area contributed by atoms with E-state index in [4.69, 9.17) is 4.74 Å². The second-order valence-electron chi connectivity index (χ2n) is 10.3. The van der Waals surface area contributed by atoms with E-state index in [9.17, 15) is 4.79 Å². The van der Waals surface area contributed by atoms with Crippen LogP contribution in [0.1, 0.15) is 26.3 Å². The van der Waals surface area contributed by atoms with Gasteiger partial charge < -0.3 is 24.8 Å². The van der Waals surface area contributed by atoms with Gasteiger partial charge in [-0.2, -0.15) is 0 Å². The molecule has 0 atom stereocenters. The number of carbonyl (C=O) groups excluding carboxylic acids is 1. The Morgan fingerprint density at radius 1 is 0.972 bits per heavy atom. The molecule has 8 heteroatoms. The SMILES string of the molecule is CN1CCN(c2ccc(Nc3cc(-c4ccc(CN(C)C(=O)OC(C)(C)C)cc4)ccn3)nc2)CC1. The number of rotatable bonds is 6. The standard InChI is InChI=1S/C28H36N6O2/c1-28(2,3)36-27(35)33(5)20-21-6-8-22(9-7-21)23-12-13-29-26(18-23)31-25-11-10-24(19-30-25)34-16-14-32(4)15-17-34/h6-13,18-19H,14-17,20H2,1-5H3,(H,29,30,31). The Kier molecular flexibility index (Phi) is 7.74. The number of hydrogen-bond acceptors (Lipinski definition) is 7. The molecule has 8 nitrogen and oxygen atoms in total. The summed E-state index contributed by atoms with van der Waals surface area (Å²) in [7, 11) is 3.90. The van der Waals surface area contributed by atoms with E-state index in [1.54, 1.807) is 18.1 Å². The number of anilines is 3. The fraction of sp³-hybridized carbons (Fsp3) is 0.393. The molecule has 190 valence electrons. The second-order valence-corrected chi connectivity index (χ2v) is 10.3. The molecule has 2 aromatic heterocycles. The lowest BCUT2D eigenvalue weighted by Crippen LogP contribution is -2.44. The first-order valence-corrected chi connectivity index (χ1v) is 12.3. The van der Waals surface area contributed by atoms with Gasteiger partial charge in [0.05, 0.1) is 11.9 Å². The van der Waals surface area contributed by atoms with Crippen LogP contribution in [0.2, 0.25) is 0 Å². The highest BCUT2D eigenvalue weighted by molar-refractivity contribution is 5.69. The van der Waals surface area contributed by atoms with Crippen molar-refractivity contribution in [3.8, 4) is 11.1 Å². The van der Waals surface area contributed by atoms with Crippen molar-refractivity contribution in [2.45, 2.75) is 32.9 Å². The Labute approximate surface area is 213 Å². The van der Waals surface area contributed by atoms with Crippen molar-refractivity contribution in [1.29, 1.82) is 0 Å². The molecule has 0 bridgehead atoms. The number of likely N-dealkylation sites (N-methyl/N-ethyl adjacent to an activating group) is 1. The van der Waals surface area contributed by atoms with Crippen molar-refractivity contribution in [2.24, 2.45) is 0 Å². The number of aromatic nitrogens is 2. The Balaban J connectivity index is 1.37. The number of ether oxygens (including phenoxy) is 1. The van der Waals surface area contributed by atoms with Crippen LogP contribution in [0.4, 0.5) is 22.1 Å². The minimum absolute atomic E-state index is 0.332. The van der Waals surface area contributed by atoms with Gasteiger partial charge in [0, 0.05) is 46.0 Å². The molecule has 1 N–H and O–H groups in total. The summed E-state index contributed by atoms with van der Waals surface area (Å²) < 4.78 is 5.43. The molecule has 4 rings (SSSR count). The highest BCUT2D eigenvalue weighted by atomic mass is 16.6. The Hall–Kier alpha value is -3.65. The third-order valence-corrected chi connectivity index (χ3v) is 6.04. The zero-order valence-corrected chi connectivity index (χ0v) is 21.9. The molecular formula is C28H36N6O2. The van der Waals surface area contributed by atoms with E-state index in [-0.39, 0.29) is 6.09 Å². The number of carbonyl (C=O) groups is 1. The van der Waals surface area contributed by atoms with Crippen LogP contribution < -0.4 is 10.2 Å². The van der Waals surface area contributed by atoms with Crippen LogP contribution in [0.25, 0.3) is 11.1 Å². The zero-order chi connectivity index (χ0) is 25.7. The molecule has 0 radical (unpaired) electrons. The summed E-state index contributed by atoms with van der Waals surface area (Å²) in [6, 6.07) is 16.3. The van der Waals surface area contributed by atoms with Gasteiger partial charge in [-0.1, -0.05) is 24.3 Å². The topological polar surface area (TPSA) is 73.8 Å². The average Bonchev–Trinajstić information content (AvgIpc) is 2.85. The predicted octanol–water partition coefficient (Wildman–Crippen LogP) is 5.01. The summed E-state index contributed by atoms with van der Waals surface area (Å²) in [6.07, 6.45) is 3.38. The summed E-state index contributed by atoms with van der Waals surface area (Å²) in [5.74, 6) is 1.50. The summed E-state index contributed by atoms with van der Waals surface area (Å²) in [5, 5.41) is 3.31. The van der Waals surface area contributed by atoms with Gasteiger partial charge in [-0.3, -0.25) is 0 Å². The molecule has 0 unspecified atom stereocenters. The first-order chi connectivity index (χ1) is 17.2. The van der Waals surface area contributed by atoms with Crippen molar-refractivity contribution in [2.75, 3.05) is 50.5 Å². The van der Waals surface area contributed by atoms with Crippen molar-refractivity contribution in [1.82, 2.24) is 19.8 Å². The van der Waals surface area contributed by atoms with Gasteiger partial charge in [-0.05, 0) is 68.8 Å². The van der Waals surface area contributed by atoms with Gasteiger partial charge in [0.25, 0.3) is 0 Å². The molecule has 1 aliphatic heterocycles. The van der Waals surface area contributed by atoms with E-state index in [2.05, 4.69) is 50.3 Å². The average molecular weight is 489 g/mol. The number of benzene rings is 1. The Bertz CT molecular complexity index is 1150. The van der Waals surface area contributed by atoms with Gasteiger partial charge >= 0.3 is 6.09 Å². The van der Waals surface area contributed by atoms with E-state index < -0.39 is 5.60 Å². The lowest BCUT2D eigenvalue weighted by atomic mass is 10.0. The minimum Gasteiger partial charge on any atom is -0.444 e. The van der Waals surface area contributed by atoms with Gasteiger partial charge in [-0.15, -0.1) is 0 Å². The molecular weight excluding hydrogens is 452 g/mol. The number of amides is 1. The molecule has 1 saturated heterocycles. The van der Waals surface area contributed by atoms with E-state index in [0.717, 1.165) is 60.2 Å². The zero-order valence-electron chi connectivity index (χ0n) is 21.9. The third-order valence-electron chi connectivity index (χ3n) is 6.04. The lowest BCUT2D eigenvalue weighted by Gasteiger charge is -2.33. The van der Waals surface area contributed by atoms with Crippen molar-refractivity contribution >= 4 is 23.4 Å². The van der Waals surface area contributed by atoms with E-state index in [0.29, 0.717) is 6.54 Å². The van der Waals surface area contributed by atoms with Crippen LogP contribution in [-0.4, -0.2) is 71.7 Å². The predicted molar refractivity (Wildman–Crippen MR) is 145 cm³/mol. The number of nitrogens with zero attached hydrogens (tertiary/aromatic N) is 5. The second kappa shape index (κ2) is 11.0. The van der Waals surface area contributed by atoms with Crippen molar-refractivity contribution in [3.63, 3.8) is 0 Å². The number of hydrogen-bond donors (Lipinski definition) is 1. The number of nitrogens with one attached hydrogen (secondary N) is 1. The number of pyridine rings is 2. The Morgan fingerprint density at radius 3 is 2.33 bits per heavy atom. The summed E-state index contributed by atoms with van der Waals surface area (Å²) in [6.45, 7) is 10.3. The maximum atomic E-state index is 12.2. The van der Waals surface area contributed by atoms with Crippen LogP contribution in [0.3, 0.4) is 0 Å². The molecule has 3 aromatic rings. The molecule has 36 heavy (non-hydrogen) atoms. The third kappa shape index (κ3) is 6.95. The quantitative estimate of drug-likeness (QED) is 0.523. The fourth-order valence-electron chi connectivity index (χ4n) is 4.00. The van der Waals surface area contributed by atoms with Crippen LogP contribution >= 0.6 is 0 Å². The molecule has 0 saturated carbocycles. The molecule has 0 aliphatic carbocycles. The normalized spacial score (nSPS) is 14.4. The number of piperazine rings is 1. The van der Waals surface area contributed by atoms with E-state index >= 15 is 0 Å². The van der Waals surface area contributed by atoms with Crippen molar-refractivity contribution in [3.05, 3.63) is 66.5 Å². The van der Waals surface area contributed by atoms with E-state index in [1.807, 2.05) is 57.3 Å².